The zero-order valence-electron chi connectivity index (χ0n) is 16.5. The van der Waals surface area contributed by atoms with Gasteiger partial charge in [0.05, 0.1) is 6.61 Å². The lowest BCUT2D eigenvalue weighted by atomic mass is 9.99. The normalized spacial score (nSPS) is 17.9. The Labute approximate surface area is 160 Å². The Balaban J connectivity index is 2.00. The van der Waals surface area contributed by atoms with Crippen LogP contribution in [0.5, 0.6) is 0 Å². The first kappa shape index (κ1) is 20.9. The Kier molecular flexibility index (Phi) is 7.36. The van der Waals surface area contributed by atoms with Crippen molar-refractivity contribution in [1.82, 2.24) is 10.2 Å². The minimum atomic E-state index is -0.745. The predicted molar refractivity (Wildman–Crippen MR) is 104 cm³/mol. The summed E-state index contributed by atoms with van der Waals surface area (Å²) in [6.07, 6.45) is 2.18. The van der Waals surface area contributed by atoms with Crippen molar-refractivity contribution in [1.29, 1.82) is 0 Å². The maximum atomic E-state index is 12.7. The van der Waals surface area contributed by atoms with Gasteiger partial charge in [-0.15, -0.1) is 0 Å². The molecule has 148 valence electrons. The van der Waals surface area contributed by atoms with Crippen LogP contribution in [0.3, 0.4) is 0 Å². The largest absolute Gasteiger partial charge is 0.383 e. The highest BCUT2D eigenvalue weighted by Crippen LogP contribution is 2.21. The minimum absolute atomic E-state index is 0.00802. The first-order valence-electron chi connectivity index (χ1n) is 9.32. The maximum absolute atomic E-state index is 12.7. The zero-order valence-corrected chi connectivity index (χ0v) is 16.5. The molecular weight excluding hydrogens is 346 g/mol. The van der Waals surface area contributed by atoms with Crippen LogP contribution in [0.4, 0.5) is 5.69 Å². The topological polar surface area (TPSA) is 87.7 Å². The van der Waals surface area contributed by atoms with Crippen molar-refractivity contribution in [3.63, 3.8) is 0 Å². The van der Waals surface area contributed by atoms with Crippen molar-refractivity contribution in [2.24, 2.45) is 5.92 Å². The zero-order chi connectivity index (χ0) is 20.0. The van der Waals surface area contributed by atoms with E-state index in [4.69, 9.17) is 4.74 Å². The fraction of sp³-hybridized carbons (Fsp3) is 0.550. The molecule has 3 amide bonds. The standard InChI is InChI=1S/C20H29N3O4/c1-13-6-5-9-23(11-13)20(26)16-7-8-17(14(2)10-16)22-19(25)18(24)21-15(3)12-27-4/h7-8,10,13,15H,5-6,9,11-12H2,1-4H3,(H,21,24)(H,22,25). The van der Waals surface area contributed by atoms with E-state index >= 15 is 0 Å². The van der Waals surface area contributed by atoms with Crippen LogP contribution in [0.1, 0.15) is 42.6 Å². The van der Waals surface area contributed by atoms with E-state index in [9.17, 15) is 14.4 Å². The second kappa shape index (κ2) is 9.50. The summed E-state index contributed by atoms with van der Waals surface area (Å²) in [5, 5.41) is 5.15. The van der Waals surface area contributed by atoms with E-state index < -0.39 is 11.8 Å². The number of nitrogens with zero attached hydrogens (tertiary/aromatic N) is 1. The van der Waals surface area contributed by atoms with Gasteiger partial charge in [0.25, 0.3) is 5.91 Å². The van der Waals surface area contributed by atoms with Crippen LogP contribution in [0, 0.1) is 12.8 Å². The van der Waals surface area contributed by atoms with E-state index in [1.165, 1.54) is 7.11 Å². The molecule has 0 aromatic heterocycles. The molecule has 7 heteroatoms. The number of nitrogens with one attached hydrogen (secondary N) is 2. The molecule has 2 N–H and O–H groups in total. The van der Waals surface area contributed by atoms with Gasteiger partial charge in [0.2, 0.25) is 0 Å². The molecule has 2 unspecified atom stereocenters. The van der Waals surface area contributed by atoms with E-state index in [1.54, 1.807) is 32.0 Å². The summed E-state index contributed by atoms with van der Waals surface area (Å²) in [5.41, 5.74) is 1.84. The molecule has 0 radical (unpaired) electrons. The second-order valence-electron chi connectivity index (χ2n) is 7.31. The molecule has 0 aliphatic carbocycles. The quantitative estimate of drug-likeness (QED) is 0.770. The molecule has 7 nitrogen and oxygen atoms in total. The summed E-state index contributed by atoms with van der Waals surface area (Å²) in [5.74, 6) is -0.943. The highest BCUT2D eigenvalue weighted by atomic mass is 16.5. The van der Waals surface area contributed by atoms with Gasteiger partial charge >= 0.3 is 11.8 Å². The number of ether oxygens (including phenoxy) is 1. The van der Waals surface area contributed by atoms with Gasteiger partial charge in [0, 0.05) is 37.5 Å². The molecule has 0 bridgehead atoms. The summed E-state index contributed by atoms with van der Waals surface area (Å²) in [7, 11) is 1.53. The van der Waals surface area contributed by atoms with Crippen LogP contribution < -0.4 is 10.6 Å². The summed E-state index contributed by atoms with van der Waals surface area (Å²) in [6.45, 7) is 7.58. The van der Waals surface area contributed by atoms with Crippen LogP contribution >= 0.6 is 0 Å². The van der Waals surface area contributed by atoms with Crippen molar-refractivity contribution in [2.45, 2.75) is 39.7 Å². The number of carbonyl (C=O) groups excluding carboxylic acids is 3. The molecular formula is C20H29N3O4. The number of hydrogen-bond acceptors (Lipinski definition) is 4. The van der Waals surface area contributed by atoms with Crippen LogP contribution in [0.2, 0.25) is 0 Å². The molecule has 1 aromatic carbocycles. The van der Waals surface area contributed by atoms with E-state index in [2.05, 4.69) is 17.6 Å². The Morgan fingerprint density at radius 1 is 1.30 bits per heavy atom. The Hall–Kier alpha value is -2.41. The summed E-state index contributed by atoms with van der Waals surface area (Å²) >= 11 is 0. The smallest absolute Gasteiger partial charge is 0.313 e. The summed E-state index contributed by atoms with van der Waals surface area (Å²) in [6, 6.07) is 4.85. The molecule has 1 saturated heterocycles. The molecule has 1 aliphatic rings. The second-order valence-corrected chi connectivity index (χ2v) is 7.31. The van der Waals surface area contributed by atoms with Gasteiger partial charge in [-0.25, -0.2) is 0 Å². The SMILES string of the molecule is COCC(C)NC(=O)C(=O)Nc1ccc(C(=O)N2CCCC(C)C2)cc1C. The van der Waals surface area contributed by atoms with Gasteiger partial charge in [-0.3, -0.25) is 14.4 Å². The van der Waals surface area contributed by atoms with E-state index in [1.807, 2.05) is 4.90 Å². The van der Waals surface area contributed by atoms with Gasteiger partial charge in [-0.1, -0.05) is 6.92 Å². The average Bonchev–Trinajstić information content (AvgIpc) is 2.62. The van der Waals surface area contributed by atoms with E-state index in [0.29, 0.717) is 23.8 Å². The van der Waals surface area contributed by atoms with Gasteiger partial charge < -0.3 is 20.3 Å². The third-order valence-electron chi connectivity index (χ3n) is 4.67. The highest BCUT2D eigenvalue weighted by molar-refractivity contribution is 6.39. The van der Waals surface area contributed by atoms with Gasteiger partial charge in [-0.2, -0.15) is 0 Å². The molecule has 1 aromatic rings. The molecule has 2 atom stereocenters. The molecule has 1 aliphatic heterocycles. The number of rotatable bonds is 5. The number of benzene rings is 1. The van der Waals surface area contributed by atoms with E-state index in [-0.39, 0.29) is 11.9 Å². The molecule has 1 heterocycles. The van der Waals surface area contributed by atoms with Crippen molar-refractivity contribution >= 4 is 23.4 Å². The number of methoxy groups -OCH3 is 1. The minimum Gasteiger partial charge on any atom is -0.383 e. The molecule has 27 heavy (non-hydrogen) atoms. The Morgan fingerprint density at radius 3 is 2.67 bits per heavy atom. The molecule has 0 spiro atoms. The lowest BCUT2D eigenvalue weighted by molar-refractivity contribution is -0.136. The molecule has 2 rings (SSSR count). The summed E-state index contributed by atoms with van der Waals surface area (Å²) < 4.78 is 4.93. The van der Waals surface area contributed by atoms with Gasteiger partial charge in [0.1, 0.15) is 0 Å². The van der Waals surface area contributed by atoms with Crippen LogP contribution in [0.15, 0.2) is 18.2 Å². The highest BCUT2D eigenvalue weighted by Gasteiger charge is 2.23. The van der Waals surface area contributed by atoms with Gasteiger partial charge in [0.15, 0.2) is 0 Å². The van der Waals surface area contributed by atoms with Crippen molar-refractivity contribution in [3.8, 4) is 0 Å². The number of anilines is 1. The Bertz CT molecular complexity index is 704. The van der Waals surface area contributed by atoms with Crippen molar-refractivity contribution in [3.05, 3.63) is 29.3 Å². The number of piperidine rings is 1. The Morgan fingerprint density at radius 2 is 2.04 bits per heavy atom. The number of likely N-dealkylation sites (tertiary alicyclic amines) is 1. The lowest BCUT2D eigenvalue weighted by Gasteiger charge is -2.31. The van der Waals surface area contributed by atoms with Crippen LogP contribution in [-0.2, 0) is 14.3 Å². The first-order valence-corrected chi connectivity index (χ1v) is 9.32. The van der Waals surface area contributed by atoms with Crippen molar-refractivity contribution < 1.29 is 19.1 Å². The maximum Gasteiger partial charge on any atom is 0.313 e. The van der Waals surface area contributed by atoms with Crippen LogP contribution in [0.25, 0.3) is 0 Å². The number of carbonyl (C=O) groups is 3. The lowest BCUT2D eigenvalue weighted by Crippen LogP contribution is -2.42. The third-order valence-corrected chi connectivity index (χ3v) is 4.67. The average molecular weight is 375 g/mol. The fourth-order valence-corrected chi connectivity index (χ4v) is 3.25. The first-order chi connectivity index (χ1) is 12.8. The van der Waals surface area contributed by atoms with Crippen molar-refractivity contribution in [2.75, 3.05) is 32.1 Å². The van der Waals surface area contributed by atoms with E-state index in [0.717, 1.165) is 31.5 Å². The molecule has 1 fully saturated rings. The van der Waals surface area contributed by atoms with Gasteiger partial charge in [-0.05, 0) is 56.4 Å². The van der Waals surface area contributed by atoms with Crippen LogP contribution in [-0.4, -0.2) is 55.5 Å². The fourth-order valence-electron chi connectivity index (χ4n) is 3.25. The predicted octanol–water partition coefficient (Wildman–Crippen LogP) is 1.96. The monoisotopic (exact) mass is 375 g/mol. The number of hydrogen-bond donors (Lipinski definition) is 2. The number of aryl methyl sites for hydroxylation is 1. The third kappa shape index (κ3) is 5.79. The molecule has 0 saturated carbocycles. The summed E-state index contributed by atoms with van der Waals surface area (Å²) in [4.78, 5) is 38.5. The number of amides is 3.